The van der Waals surface area contributed by atoms with Crippen LogP contribution in [0.2, 0.25) is 0 Å². The molecule has 0 bridgehead atoms. The molecule has 1 rings (SSSR count). The number of carbonyl (C=O) groups excluding carboxylic acids is 1. The molecule has 1 aromatic rings. The maximum atomic E-state index is 11.9. The Bertz CT molecular complexity index is 403. The van der Waals surface area contributed by atoms with Crippen molar-refractivity contribution >= 4 is 16.8 Å². The van der Waals surface area contributed by atoms with Gasteiger partial charge in [-0.3, -0.25) is 13.7 Å². The summed E-state index contributed by atoms with van der Waals surface area (Å²) in [5.41, 5.74) is 1.06. The smallest absolute Gasteiger partial charge is 0.306 e. The average Bonchev–Trinajstić information content (AvgIpc) is 2.71. The van der Waals surface area contributed by atoms with Gasteiger partial charge in [-0.25, -0.2) is 0 Å². The number of esters is 1. The van der Waals surface area contributed by atoms with Crippen LogP contribution in [0.25, 0.3) is 0 Å². The number of aryl methyl sites for hydroxylation is 2. The number of nitrogens with zero attached hydrogens (tertiary/aromatic N) is 2. The van der Waals surface area contributed by atoms with Crippen LogP contribution in [0.3, 0.4) is 0 Å². The summed E-state index contributed by atoms with van der Waals surface area (Å²) in [4.78, 5) is 11.0. The molecule has 0 saturated heterocycles. The number of ether oxygens (including phenoxy) is 1. The molecule has 0 aliphatic carbocycles. The van der Waals surface area contributed by atoms with E-state index in [1.54, 1.807) is 17.8 Å². The molecule has 0 aliphatic rings. The normalized spacial score (nSPS) is 14.3. The zero-order chi connectivity index (χ0) is 12.8. The highest BCUT2D eigenvalue weighted by atomic mass is 32.2. The summed E-state index contributed by atoms with van der Waals surface area (Å²) in [6, 6.07) is 0. The lowest BCUT2D eigenvalue weighted by atomic mass is 10.3. The highest BCUT2D eigenvalue weighted by Gasteiger charge is 2.15. The van der Waals surface area contributed by atoms with E-state index in [1.165, 1.54) is 7.11 Å². The molecule has 0 fully saturated rings. The van der Waals surface area contributed by atoms with Crippen LogP contribution in [0.15, 0.2) is 12.4 Å². The number of hydrogen-bond acceptors (Lipinski definition) is 4. The molecule has 0 spiro atoms. The summed E-state index contributed by atoms with van der Waals surface area (Å²) in [6.07, 6.45) is 4.59. The molecule has 0 radical (unpaired) electrons. The molecule has 1 heterocycles. The van der Waals surface area contributed by atoms with E-state index < -0.39 is 10.8 Å². The lowest BCUT2D eigenvalue weighted by molar-refractivity contribution is -0.140. The Morgan fingerprint density at radius 3 is 2.88 bits per heavy atom. The number of methoxy groups -OCH3 is 1. The molecule has 2 atom stereocenters. The van der Waals surface area contributed by atoms with Crippen molar-refractivity contribution in [2.75, 3.05) is 12.9 Å². The second-order valence-corrected chi connectivity index (χ2v) is 5.92. The predicted octanol–water partition coefficient (Wildman–Crippen LogP) is 0.663. The fourth-order valence-electron chi connectivity index (χ4n) is 1.43. The molecule has 6 heteroatoms. The van der Waals surface area contributed by atoms with Crippen molar-refractivity contribution in [3.63, 3.8) is 0 Å². The predicted molar refractivity (Wildman–Crippen MR) is 66.0 cm³/mol. The third-order valence-electron chi connectivity index (χ3n) is 2.48. The van der Waals surface area contributed by atoms with Gasteiger partial charge in [-0.05, 0) is 12.0 Å². The highest BCUT2D eigenvalue weighted by Crippen LogP contribution is 2.06. The monoisotopic (exact) mass is 258 g/mol. The molecule has 0 aromatic carbocycles. The largest absolute Gasteiger partial charge is 0.469 e. The van der Waals surface area contributed by atoms with E-state index in [-0.39, 0.29) is 17.6 Å². The van der Waals surface area contributed by atoms with Crippen LogP contribution < -0.4 is 0 Å². The van der Waals surface area contributed by atoms with Crippen LogP contribution in [0.4, 0.5) is 0 Å². The van der Waals surface area contributed by atoms with Crippen molar-refractivity contribution in [2.45, 2.75) is 25.0 Å². The number of rotatable bonds is 6. The van der Waals surface area contributed by atoms with Gasteiger partial charge >= 0.3 is 5.97 Å². The molecule has 1 aromatic heterocycles. The molecule has 0 saturated carbocycles. The Morgan fingerprint density at radius 1 is 1.65 bits per heavy atom. The third kappa shape index (κ3) is 4.68. The van der Waals surface area contributed by atoms with Crippen LogP contribution in [-0.4, -0.2) is 38.1 Å². The summed E-state index contributed by atoms with van der Waals surface area (Å²) < 4.78 is 18.1. The fourth-order valence-corrected chi connectivity index (χ4v) is 2.59. The zero-order valence-corrected chi connectivity index (χ0v) is 11.2. The highest BCUT2D eigenvalue weighted by molar-refractivity contribution is 7.85. The minimum Gasteiger partial charge on any atom is -0.469 e. The Kier molecular flexibility index (Phi) is 5.34. The van der Waals surface area contributed by atoms with Crippen LogP contribution in [-0.2, 0) is 33.8 Å². The quantitative estimate of drug-likeness (QED) is 0.703. The SMILES string of the molecule is COC(=O)CC(C)S(=O)CCc1cnn(C)c1. The van der Waals surface area contributed by atoms with E-state index in [4.69, 9.17) is 0 Å². The van der Waals surface area contributed by atoms with Crippen molar-refractivity contribution in [3.05, 3.63) is 18.0 Å². The van der Waals surface area contributed by atoms with Crippen molar-refractivity contribution in [3.8, 4) is 0 Å². The molecule has 2 unspecified atom stereocenters. The standard InChI is InChI=1S/C11H18N2O3S/c1-9(6-11(14)16-3)17(15)5-4-10-7-12-13(2)8-10/h7-9H,4-6H2,1-3H3. The Balaban J connectivity index is 2.36. The van der Waals surface area contributed by atoms with E-state index in [9.17, 15) is 9.00 Å². The second-order valence-electron chi connectivity index (χ2n) is 3.95. The summed E-state index contributed by atoms with van der Waals surface area (Å²) in [6.45, 7) is 1.80. The first-order chi connectivity index (χ1) is 8.02. The van der Waals surface area contributed by atoms with Gasteiger partial charge in [0, 0.05) is 35.0 Å². The Labute approximate surface area is 104 Å². The van der Waals surface area contributed by atoms with E-state index in [0.717, 1.165) is 5.56 Å². The van der Waals surface area contributed by atoms with E-state index in [1.807, 2.05) is 13.2 Å². The van der Waals surface area contributed by atoms with Gasteiger partial charge in [0.25, 0.3) is 0 Å². The number of hydrogen-bond donors (Lipinski definition) is 0. The molecule has 0 amide bonds. The van der Waals surface area contributed by atoms with Gasteiger partial charge in [-0.1, -0.05) is 6.92 Å². The first-order valence-electron chi connectivity index (χ1n) is 5.44. The first-order valence-corrected chi connectivity index (χ1v) is 6.82. The van der Waals surface area contributed by atoms with Gasteiger partial charge in [-0.2, -0.15) is 5.10 Å². The van der Waals surface area contributed by atoms with Crippen molar-refractivity contribution in [2.24, 2.45) is 7.05 Å². The van der Waals surface area contributed by atoms with E-state index in [0.29, 0.717) is 12.2 Å². The first kappa shape index (κ1) is 13.9. The Hall–Kier alpha value is -1.17. The van der Waals surface area contributed by atoms with Gasteiger partial charge in [0.05, 0.1) is 19.7 Å². The van der Waals surface area contributed by atoms with Gasteiger partial charge in [0.15, 0.2) is 0 Å². The molecule has 17 heavy (non-hydrogen) atoms. The molecule has 5 nitrogen and oxygen atoms in total. The van der Waals surface area contributed by atoms with E-state index in [2.05, 4.69) is 9.84 Å². The second kappa shape index (κ2) is 6.54. The van der Waals surface area contributed by atoms with Gasteiger partial charge in [-0.15, -0.1) is 0 Å². The maximum absolute atomic E-state index is 11.9. The molecular formula is C11H18N2O3S. The summed E-state index contributed by atoms with van der Waals surface area (Å²) in [5.74, 6) is 0.233. The maximum Gasteiger partial charge on any atom is 0.306 e. The summed E-state index contributed by atoms with van der Waals surface area (Å²) in [7, 11) is 2.17. The molecule has 0 aliphatic heterocycles. The zero-order valence-electron chi connectivity index (χ0n) is 10.4. The van der Waals surface area contributed by atoms with Crippen molar-refractivity contribution < 1.29 is 13.7 Å². The van der Waals surface area contributed by atoms with Crippen LogP contribution in [0.1, 0.15) is 18.9 Å². The topological polar surface area (TPSA) is 61.2 Å². The number of carbonyl (C=O) groups is 1. The van der Waals surface area contributed by atoms with Crippen LogP contribution in [0, 0.1) is 0 Å². The summed E-state index contributed by atoms with van der Waals surface area (Å²) in [5, 5.41) is 3.88. The minimum atomic E-state index is -1.02. The lowest BCUT2D eigenvalue weighted by Crippen LogP contribution is -2.19. The minimum absolute atomic E-state index is 0.167. The average molecular weight is 258 g/mol. The molecule has 96 valence electrons. The van der Waals surface area contributed by atoms with Crippen LogP contribution in [0.5, 0.6) is 0 Å². The van der Waals surface area contributed by atoms with Crippen molar-refractivity contribution in [1.82, 2.24) is 9.78 Å². The van der Waals surface area contributed by atoms with Gasteiger partial charge in [0.1, 0.15) is 0 Å². The summed E-state index contributed by atoms with van der Waals surface area (Å²) >= 11 is 0. The molecule has 0 N–H and O–H groups in total. The van der Waals surface area contributed by atoms with Gasteiger partial charge in [0.2, 0.25) is 0 Å². The third-order valence-corrected chi connectivity index (χ3v) is 4.15. The van der Waals surface area contributed by atoms with Crippen molar-refractivity contribution in [1.29, 1.82) is 0 Å². The number of aromatic nitrogens is 2. The molecular weight excluding hydrogens is 240 g/mol. The van der Waals surface area contributed by atoms with E-state index >= 15 is 0 Å². The lowest BCUT2D eigenvalue weighted by Gasteiger charge is -2.09. The van der Waals surface area contributed by atoms with Crippen LogP contribution >= 0.6 is 0 Å². The fraction of sp³-hybridized carbons (Fsp3) is 0.636. The van der Waals surface area contributed by atoms with Gasteiger partial charge < -0.3 is 4.74 Å². The Morgan fingerprint density at radius 2 is 2.35 bits per heavy atom.